The number of carbonyl (C=O) groups excluding carboxylic acids is 3. The fraction of sp³-hybridized carbons (Fsp3) is 0.303. The summed E-state index contributed by atoms with van der Waals surface area (Å²) in [6.07, 6.45) is 4.26. The number of likely N-dealkylation sites (N-methyl/N-ethyl adjacent to an activating group) is 1. The van der Waals surface area contributed by atoms with Crippen LogP contribution in [0.4, 0.5) is 4.79 Å². The van der Waals surface area contributed by atoms with Crippen LogP contribution in [0.25, 0.3) is 0 Å². The van der Waals surface area contributed by atoms with Crippen LogP contribution in [0, 0.1) is 6.92 Å². The molecule has 2 atom stereocenters. The molecule has 0 aromatic heterocycles. The highest BCUT2D eigenvalue weighted by Crippen LogP contribution is 2.09. The van der Waals surface area contributed by atoms with E-state index in [9.17, 15) is 14.4 Å². The molecule has 0 radical (unpaired) electrons. The molecule has 0 unspecified atom stereocenters. The number of rotatable bonds is 15. The average molecular weight is 557 g/mol. The molecule has 0 saturated carbocycles. The van der Waals surface area contributed by atoms with Crippen LogP contribution in [0.2, 0.25) is 0 Å². The topological polar surface area (TPSA) is 109 Å². The van der Waals surface area contributed by atoms with Gasteiger partial charge in [-0.2, -0.15) is 0 Å². The Bertz CT molecular complexity index is 1260. The summed E-state index contributed by atoms with van der Waals surface area (Å²) in [5, 5.41) is 11.8. The second-order valence-electron chi connectivity index (χ2n) is 9.83. The zero-order chi connectivity index (χ0) is 29.3. The molecule has 41 heavy (non-hydrogen) atoms. The van der Waals surface area contributed by atoms with E-state index in [2.05, 4.69) is 27.3 Å². The van der Waals surface area contributed by atoms with Gasteiger partial charge in [0.1, 0.15) is 6.61 Å². The summed E-state index contributed by atoms with van der Waals surface area (Å²) in [6.45, 7) is 3.11. The summed E-state index contributed by atoms with van der Waals surface area (Å²) in [5.74, 6) is -0.413. The summed E-state index contributed by atoms with van der Waals surface area (Å²) >= 11 is 0. The Morgan fingerprint density at radius 3 is 2.24 bits per heavy atom. The number of nitrogens with one attached hydrogen (secondary N) is 4. The Hall–Kier alpha value is -4.43. The molecule has 3 rings (SSSR count). The largest absolute Gasteiger partial charge is 0.445 e. The van der Waals surface area contributed by atoms with Crippen LogP contribution in [-0.2, 0) is 33.9 Å². The number of hydrogen-bond donors (Lipinski definition) is 4. The number of aryl methyl sites for hydroxylation is 1. The number of amides is 3. The standard InChI is InChI=1S/C33H40N4O4/c1-25-11-9-16-28(21-25)23-36-30(17-10-20-35-33(40)41-24-27-14-7-4-8-15-27)32(39)37-29(18-19-31(38)34-2)22-26-12-5-3-6-13-26/h3-9,11-16,18-19,21,29-30,36H,10,17,20,22-24H2,1-2H3,(H,34,38)(H,35,40)(H,37,39)/b19-18+/t29-,30+/m1/s1. The molecule has 0 spiro atoms. The zero-order valence-corrected chi connectivity index (χ0v) is 23.8. The smallest absolute Gasteiger partial charge is 0.407 e. The SMILES string of the molecule is CNC(=O)/C=C/[C@H](Cc1ccccc1)NC(=O)[C@H](CCCNC(=O)OCc1ccccc1)NCc1cccc(C)c1. The highest BCUT2D eigenvalue weighted by atomic mass is 16.5. The molecule has 0 aliphatic carbocycles. The maximum absolute atomic E-state index is 13.5. The van der Waals surface area contributed by atoms with Crippen LogP contribution in [0.15, 0.2) is 97.1 Å². The Labute approximate surface area is 242 Å². The van der Waals surface area contributed by atoms with E-state index in [-0.39, 0.29) is 24.5 Å². The first-order chi connectivity index (χ1) is 19.9. The van der Waals surface area contributed by atoms with Gasteiger partial charge in [-0.1, -0.05) is 96.6 Å². The first-order valence-corrected chi connectivity index (χ1v) is 13.9. The lowest BCUT2D eigenvalue weighted by atomic mass is 10.0. The minimum atomic E-state index is -0.510. The lowest BCUT2D eigenvalue weighted by Crippen LogP contribution is -2.48. The van der Waals surface area contributed by atoms with Crippen LogP contribution < -0.4 is 21.3 Å². The van der Waals surface area contributed by atoms with E-state index in [1.165, 1.54) is 6.08 Å². The van der Waals surface area contributed by atoms with Gasteiger partial charge in [-0.05, 0) is 42.9 Å². The van der Waals surface area contributed by atoms with Crippen molar-refractivity contribution < 1.29 is 19.1 Å². The van der Waals surface area contributed by atoms with Gasteiger partial charge in [-0.3, -0.25) is 9.59 Å². The predicted molar refractivity (Wildman–Crippen MR) is 161 cm³/mol. The third-order valence-electron chi connectivity index (χ3n) is 6.46. The molecule has 8 nitrogen and oxygen atoms in total. The van der Waals surface area contributed by atoms with E-state index >= 15 is 0 Å². The molecule has 3 aromatic rings. The van der Waals surface area contributed by atoms with E-state index in [0.717, 1.165) is 22.3 Å². The summed E-state index contributed by atoms with van der Waals surface area (Å²) < 4.78 is 5.28. The molecule has 3 amide bonds. The molecule has 3 aromatic carbocycles. The molecular formula is C33H40N4O4. The van der Waals surface area contributed by atoms with Crippen molar-refractivity contribution in [1.29, 1.82) is 0 Å². The maximum atomic E-state index is 13.5. The Morgan fingerprint density at radius 1 is 0.878 bits per heavy atom. The normalized spacial score (nSPS) is 12.3. The third-order valence-corrected chi connectivity index (χ3v) is 6.46. The van der Waals surface area contributed by atoms with Gasteiger partial charge < -0.3 is 26.0 Å². The molecule has 0 fully saturated rings. The van der Waals surface area contributed by atoms with Crippen LogP contribution in [0.5, 0.6) is 0 Å². The first kappa shape index (κ1) is 31.1. The fourth-order valence-electron chi connectivity index (χ4n) is 4.27. The summed E-state index contributed by atoms with van der Waals surface area (Å²) in [7, 11) is 1.56. The second kappa shape index (κ2) is 17.3. The summed E-state index contributed by atoms with van der Waals surface area (Å²) in [6, 6.07) is 26.5. The third kappa shape index (κ3) is 12.1. The summed E-state index contributed by atoms with van der Waals surface area (Å²) in [5.41, 5.74) is 4.17. The van der Waals surface area contributed by atoms with Crippen molar-refractivity contribution in [2.45, 2.75) is 51.4 Å². The van der Waals surface area contributed by atoms with Crippen LogP contribution in [-0.4, -0.2) is 43.6 Å². The molecule has 0 aliphatic rings. The van der Waals surface area contributed by atoms with Crippen LogP contribution >= 0.6 is 0 Å². The highest BCUT2D eigenvalue weighted by Gasteiger charge is 2.21. The summed E-state index contributed by atoms with van der Waals surface area (Å²) in [4.78, 5) is 37.5. The minimum Gasteiger partial charge on any atom is -0.445 e. The van der Waals surface area contributed by atoms with Gasteiger partial charge in [-0.15, -0.1) is 0 Å². The second-order valence-corrected chi connectivity index (χ2v) is 9.83. The van der Waals surface area contributed by atoms with E-state index < -0.39 is 12.1 Å². The van der Waals surface area contributed by atoms with E-state index in [1.54, 1.807) is 13.1 Å². The van der Waals surface area contributed by atoms with Crippen molar-refractivity contribution >= 4 is 17.9 Å². The van der Waals surface area contributed by atoms with Gasteiger partial charge in [0.15, 0.2) is 0 Å². The number of benzene rings is 3. The fourth-order valence-corrected chi connectivity index (χ4v) is 4.27. The number of alkyl carbamates (subject to hydrolysis) is 1. The van der Waals surface area contributed by atoms with Gasteiger partial charge >= 0.3 is 6.09 Å². The molecule has 4 N–H and O–H groups in total. The Balaban J connectivity index is 1.60. The van der Waals surface area contributed by atoms with Crippen molar-refractivity contribution in [2.75, 3.05) is 13.6 Å². The highest BCUT2D eigenvalue weighted by molar-refractivity contribution is 5.87. The van der Waals surface area contributed by atoms with E-state index in [1.807, 2.05) is 85.8 Å². The molecule has 0 bridgehead atoms. The van der Waals surface area contributed by atoms with Gasteiger partial charge in [0.25, 0.3) is 0 Å². The number of ether oxygens (including phenoxy) is 1. The zero-order valence-electron chi connectivity index (χ0n) is 23.8. The first-order valence-electron chi connectivity index (χ1n) is 13.9. The van der Waals surface area contributed by atoms with Crippen molar-refractivity contribution in [3.8, 4) is 0 Å². The predicted octanol–water partition coefficient (Wildman–Crippen LogP) is 4.19. The average Bonchev–Trinajstić information content (AvgIpc) is 2.99. The van der Waals surface area contributed by atoms with Gasteiger partial charge in [0, 0.05) is 26.2 Å². The lowest BCUT2D eigenvalue weighted by molar-refractivity contribution is -0.124. The lowest BCUT2D eigenvalue weighted by Gasteiger charge is -2.22. The Kier molecular flexibility index (Phi) is 13.1. The van der Waals surface area contributed by atoms with Gasteiger partial charge in [0.05, 0.1) is 12.1 Å². The number of hydrogen-bond acceptors (Lipinski definition) is 5. The number of carbonyl (C=O) groups is 3. The van der Waals surface area contributed by atoms with Crippen LogP contribution in [0.3, 0.4) is 0 Å². The molecule has 216 valence electrons. The molecule has 0 aliphatic heterocycles. The van der Waals surface area contributed by atoms with Crippen molar-refractivity contribution in [2.24, 2.45) is 0 Å². The van der Waals surface area contributed by atoms with Crippen LogP contribution in [0.1, 0.15) is 35.1 Å². The van der Waals surface area contributed by atoms with E-state index in [0.29, 0.717) is 32.4 Å². The quantitative estimate of drug-likeness (QED) is 0.166. The van der Waals surface area contributed by atoms with Gasteiger partial charge in [-0.25, -0.2) is 4.79 Å². The molecule has 8 heteroatoms. The van der Waals surface area contributed by atoms with Crippen molar-refractivity contribution in [3.05, 3.63) is 119 Å². The molecular weight excluding hydrogens is 516 g/mol. The molecule has 0 heterocycles. The van der Waals surface area contributed by atoms with Crippen molar-refractivity contribution in [3.63, 3.8) is 0 Å². The Morgan fingerprint density at radius 2 is 1.56 bits per heavy atom. The minimum absolute atomic E-state index is 0.174. The monoisotopic (exact) mass is 556 g/mol. The maximum Gasteiger partial charge on any atom is 0.407 e. The van der Waals surface area contributed by atoms with Crippen molar-refractivity contribution in [1.82, 2.24) is 21.3 Å². The molecule has 0 saturated heterocycles. The van der Waals surface area contributed by atoms with E-state index in [4.69, 9.17) is 4.74 Å². The van der Waals surface area contributed by atoms with Gasteiger partial charge in [0.2, 0.25) is 11.8 Å².